The minimum absolute atomic E-state index is 0.191. The lowest BCUT2D eigenvalue weighted by Gasteiger charge is -2.41. The van der Waals surface area contributed by atoms with Gasteiger partial charge in [0.05, 0.1) is 0 Å². The third-order valence-electron chi connectivity index (χ3n) is 6.50. The predicted molar refractivity (Wildman–Crippen MR) is 98.4 cm³/mol. The molecule has 2 aliphatic carbocycles. The van der Waals surface area contributed by atoms with Crippen LogP contribution in [0.1, 0.15) is 56.9 Å². The van der Waals surface area contributed by atoms with Crippen molar-refractivity contribution in [2.45, 2.75) is 51.4 Å². The number of benzene rings is 2. The zero-order valence-electron chi connectivity index (χ0n) is 14.8. The van der Waals surface area contributed by atoms with Gasteiger partial charge in [-0.2, -0.15) is 0 Å². The topological polar surface area (TPSA) is 0 Å². The molecule has 4 rings (SSSR count). The van der Waals surface area contributed by atoms with Crippen LogP contribution in [0.5, 0.6) is 0 Å². The van der Waals surface area contributed by atoms with Crippen molar-refractivity contribution in [2.24, 2.45) is 17.8 Å². The van der Waals surface area contributed by atoms with Crippen LogP contribution in [0.25, 0.3) is 11.1 Å². The van der Waals surface area contributed by atoms with Crippen molar-refractivity contribution in [3.8, 4) is 11.1 Å². The molecular weight excluding hydrogens is 314 g/mol. The van der Waals surface area contributed by atoms with Crippen LogP contribution in [-0.2, 0) is 0 Å². The third kappa shape index (κ3) is 3.49. The van der Waals surface area contributed by atoms with Gasteiger partial charge in [-0.25, -0.2) is 8.78 Å². The van der Waals surface area contributed by atoms with Crippen molar-refractivity contribution in [3.63, 3.8) is 0 Å². The summed E-state index contributed by atoms with van der Waals surface area (Å²) in [4.78, 5) is 0. The van der Waals surface area contributed by atoms with E-state index in [0.717, 1.165) is 28.9 Å². The standard InChI is InChI=1S/C23H26F2/c1-15-2-3-18-13-19(5-4-17(18)12-15)20-8-11-22(23(25)14-20)16-6-9-21(24)10-7-16/h6-11,14-15,17-19H,2-5,12-13H2,1H3. The van der Waals surface area contributed by atoms with Crippen LogP contribution in [0, 0.1) is 29.4 Å². The summed E-state index contributed by atoms with van der Waals surface area (Å²) in [6.45, 7) is 2.38. The zero-order chi connectivity index (χ0) is 17.4. The maximum absolute atomic E-state index is 14.7. The average Bonchev–Trinajstić information content (AvgIpc) is 2.62. The van der Waals surface area contributed by atoms with Gasteiger partial charge in [0, 0.05) is 5.56 Å². The van der Waals surface area contributed by atoms with Crippen LogP contribution >= 0.6 is 0 Å². The van der Waals surface area contributed by atoms with Gasteiger partial charge in [-0.05, 0) is 85.1 Å². The molecule has 2 saturated carbocycles. The summed E-state index contributed by atoms with van der Waals surface area (Å²) in [5, 5.41) is 0. The highest BCUT2D eigenvalue weighted by Gasteiger charge is 2.34. The summed E-state index contributed by atoms with van der Waals surface area (Å²) in [7, 11) is 0. The van der Waals surface area contributed by atoms with E-state index in [4.69, 9.17) is 0 Å². The van der Waals surface area contributed by atoms with Crippen LogP contribution < -0.4 is 0 Å². The lowest BCUT2D eigenvalue weighted by atomic mass is 9.64. The smallest absolute Gasteiger partial charge is 0.131 e. The van der Waals surface area contributed by atoms with Crippen molar-refractivity contribution in [1.82, 2.24) is 0 Å². The van der Waals surface area contributed by atoms with Crippen molar-refractivity contribution in [1.29, 1.82) is 0 Å². The monoisotopic (exact) mass is 340 g/mol. The highest BCUT2D eigenvalue weighted by Crippen LogP contribution is 2.47. The quantitative estimate of drug-likeness (QED) is 0.555. The fraction of sp³-hybridized carbons (Fsp3) is 0.478. The fourth-order valence-electron chi connectivity index (χ4n) is 5.08. The summed E-state index contributed by atoms with van der Waals surface area (Å²) in [6, 6.07) is 11.7. The molecule has 4 atom stereocenters. The third-order valence-corrected chi connectivity index (χ3v) is 6.50. The Kier molecular flexibility index (Phi) is 4.62. The van der Waals surface area contributed by atoms with E-state index >= 15 is 0 Å². The SMILES string of the molecule is CC1CCC2CC(c3ccc(-c4ccc(F)cc4)c(F)c3)CCC2C1. The van der Waals surface area contributed by atoms with Gasteiger partial charge >= 0.3 is 0 Å². The lowest BCUT2D eigenvalue weighted by molar-refractivity contribution is 0.124. The van der Waals surface area contributed by atoms with Gasteiger partial charge in [0.1, 0.15) is 11.6 Å². The molecule has 2 aromatic carbocycles. The number of hydrogen-bond donors (Lipinski definition) is 0. The molecule has 0 N–H and O–H groups in total. The van der Waals surface area contributed by atoms with Crippen molar-refractivity contribution < 1.29 is 8.78 Å². The van der Waals surface area contributed by atoms with E-state index in [1.54, 1.807) is 18.2 Å². The molecule has 0 amide bonds. The molecule has 0 saturated heterocycles. The maximum atomic E-state index is 14.7. The molecule has 0 heterocycles. The lowest BCUT2D eigenvalue weighted by Crippen LogP contribution is -2.29. The molecule has 0 spiro atoms. The fourth-order valence-corrected chi connectivity index (χ4v) is 5.08. The second kappa shape index (κ2) is 6.90. The highest BCUT2D eigenvalue weighted by molar-refractivity contribution is 5.64. The molecule has 0 nitrogen and oxygen atoms in total. The molecule has 2 fully saturated rings. The molecule has 0 bridgehead atoms. The molecule has 2 heteroatoms. The first-order valence-electron chi connectivity index (χ1n) is 9.65. The Labute approximate surface area is 149 Å². The van der Waals surface area contributed by atoms with E-state index in [0.29, 0.717) is 11.5 Å². The van der Waals surface area contributed by atoms with Crippen LogP contribution in [-0.4, -0.2) is 0 Å². The van der Waals surface area contributed by atoms with Crippen molar-refractivity contribution in [2.75, 3.05) is 0 Å². The Balaban J connectivity index is 1.52. The minimum atomic E-state index is -0.292. The molecular formula is C23H26F2. The molecule has 25 heavy (non-hydrogen) atoms. The van der Waals surface area contributed by atoms with Gasteiger partial charge in [-0.1, -0.05) is 37.6 Å². The predicted octanol–water partition coefficient (Wildman–Crippen LogP) is 6.95. The van der Waals surface area contributed by atoms with E-state index in [9.17, 15) is 8.78 Å². The Morgan fingerprint density at radius 1 is 0.800 bits per heavy atom. The maximum Gasteiger partial charge on any atom is 0.131 e. The molecule has 0 radical (unpaired) electrons. The molecule has 0 aromatic heterocycles. The van der Waals surface area contributed by atoms with Crippen molar-refractivity contribution in [3.05, 3.63) is 59.7 Å². The number of rotatable bonds is 2. The first kappa shape index (κ1) is 16.8. The zero-order valence-corrected chi connectivity index (χ0v) is 14.8. The van der Waals surface area contributed by atoms with Gasteiger partial charge in [-0.15, -0.1) is 0 Å². The Morgan fingerprint density at radius 3 is 2.28 bits per heavy atom. The first-order valence-corrected chi connectivity index (χ1v) is 9.65. The molecule has 4 unspecified atom stereocenters. The first-order chi connectivity index (χ1) is 12.1. The number of halogens is 2. The van der Waals surface area contributed by atoms with Gasteiger partial charge in [0.25, 0.3) is 0 Å². The Hall–Kier alpha value is -1.70. The van der Waals surface area contributed by atoms with E-state index in [-0.39, 0.29) is 11.6 Å². The second-order valence-electron chi connectivity index (χ2n) is 8.19. The van der Waals surface area contributed by atoms with Gasteiger partial charge < -0.3 is 0 Å². The van der Waals surface area contributed by atoms with Crippen LogP contribution in [0.2, 0.25) is 0 Å². The van der Waals surface area contributed by atoms with E-state index < -0.39 is 0 Å². The van der Waals surface area contributed by atoms with Crippen molar-refractivity contribution >= 4 is 0 Å². The van der Waals surface area contributed by atoms with Crippen LogP contribution in [0.15, 0.2) is 42.5 Å². The van der Waals surface area contributed by atoms with Gasteiger partial charge in [0.15, 0.2) is 0 Å². The Morgan fingerprint density at radius 2 is 1.52 bits per heavy atom. The molecule has 2 aliphatic rings. The normalized spacial score (nSPS) is 29.2. The van der Waals surface area contributed by atoms with E-state index in [1.165, 1.54) is 50.7 Å². The summed E-state index contributed by atoms with van der Waals surface area (Å²) in [5.74, 6) is 2.61. The average molecular weight is 340 g/mol. The summed E-state index contributed by atoms with van der Waals surface area (Å²) < 4.78 is 27.8. The van der Waals surface area contributed by atoms with Crippen LogP contribution in [0.4, 0.5) is 8.78 Å². The van der Waals surface area contributed by atoms with E-state index in [2.05, 4.69) is 13.0 Å². The molecule has 0 aliphatic heterocycles. The summed E-state index contributed by atoms with van der Waals surface area (Å²) in [6.07, 6.45) is 7.77. The number of fused-ring (bicyclic) bond motifs is 1. The second-order valence-corrected chi connectivity index (χ2v) is 8.19. The largest absolute Gasteiger partial charge is 0.207 e. The van der Waals surface area contributed by atoms with Gasteiger partial charge in [0.2, 0.25) is 0 Å². The van der Waals surface area contributed by atoms with E-state index in [1.807, 2.05) is 6.07 Å². The summed E-state index contributed by atoms with van der Waals surface area (Å²) >= 11 is 0. The highest BCUT2D eigenvalue weighted by atomic mass is 19.1. The van der Waals surface area contributed by atoms with Gasteiger partial charge in [-0.3, -0.25) is 0 Å². The molecule has 2 aromatic rings. The molecule has 132 valence electrons. The summed E-state index contributed by atoms with van der Waals surface area (Å²) in [5.41, 5.74) is 2.43. The van der Waals surface area contributed by atoms with Crippen LogP contribution in [0.3, 0.4) is 0 Å². The Bertz CT molecular complexity index is 734. The minimum Gasteiger partial charge on any atom is -0.207 e. The number of hydrogen-bond acceptors (Lipinski definition) is 0.